The predicted molar refractivity (Wildman–Crippen MR) is 76.4 cm³/mol. The van der Waals surface area contributed by atoms with Crippen LogP contribution in [0.3, 0.4) is 0 Å². The number of pyridine rings is 1. The molecule has 0 aliphatic rings. The molecule has 0 amide bonds. The number of aliphatic hydroxyl groups is 1. The van der Waals surface area contributed by atoms with E-state index in [-0.39, 0.29) is 6.61 Å². The zero-order valence-electron chi connectivity index (χ0n) is 10.2. The van der Waals surface area contributed by atoms with E-state index in [0.717, 1.165) is 22.4 Å². The van der Waals surface area contributed by atoms with Crippen molar-refractivity contribution in [3.05, 3.63) is 58.2 Å². The highest BCUT2D eigenvalue weighted by atomic mass is 79.9. The molecule has 18 heavy (non-hydrogen) atoms. The van der Waals surface area contributed by atoms with Crippen molar-refractivity contribution in [3.8, 4) is 0 Å². The molecule has 0 bridgehead atoms. The highest BCUT2D eigenvalue weighted by Gasteiger charge is 2.06. The van der Waals surface area contributed by atoms with Crippen molar-refractivity contribution in [2.75, 3.05) is 11.9 Å². The molecule has 0 aliphatic carbocycles. The maximum Gasteiger partial charge on any atom is 0.128 e. The molecule has 2 rings (SSSR count). The number of halogens is 1. The molecule has 1 aromatic carbocycles. The minimum atomic E-state index is 0.0401. The molecule has 0 atom stereocenters. The Kier molecular flexibility index (Phi) is 4.33. The summed E-state index contributed by atoms with van der Waals surface area (Å²) in [5.74, 6) is 0.859. The van der Waals surface area contributed by atoms with Gasteiger partial charge in [-0.2, -0.15) is 0 Å². The van der Waals surface area contributed by atoms with E-state index >= 15 is 0 Å². The third-order valence-corrected chi connectivity index (χ3v) is 3.52. The first-order valence-corrected chi connectivity index (χ1v) is 6.50. The lowest BCUT2D eigenvalue weighted by molar-refractivity contribution is 0.281. The number of anilines is 1. The van der Waals surface area contributed by atoms with E-state index in [1.165, 1.54) is 5.56 Å². The van der Waals surface area contributed by atoms with Crippen LogP contribution >= 0.6 is 15.9 Å². The Labute approximate surface area is 115 Å². The van der Waals surface area contributed by atoms with Crippen LogP contribution in [0.25, 0.3) is 0 Å². The van der Waals surface area contributed by atoms with Crippen LogP contribution < -0.4 is 4.90 Å². The zero-order valence-corrected chi connectivity index (χ0v) is 11.8. The molecule has 0 unspecified atom stereocenters. The van der Waals surface area contributed by atoms with Crippen LogP contribution in [-0.4, -0.2) is 17.1 Å². The maximum atomic E-state index is 9.12. The Bertz CT molecular complexity index is 531. The van der Waals surface area contributed by atoms with Gasteiger partial charge in [0.05, 0.1) is 6.61 Å². The average Bonchev–Trinajstić information content (AvgIpc) is 2.41. The van der Waals surface area contributed by atoms with Crippen LogP contribution in [0.2, 0.25) is 0 Å². The van der Waals surface area contributed by atoms with E-state index < -0.39 is 0 Å². The fraction of sp³-hybridized carbons (Fsp3) is 0.214. The van der Waals surface area contributed by atoms with Gasteiger partial charge in [-0.1, -0.05) is 34.1 Å². The number of benzene rings is 1. The third kappa shape index (κ3) is 3.09. The number of rotatable bonds is 4. The van der Waals surface area contributed by atoms with Crippen LogP contribution in [0.15, 0.2) is 47.1 Å². The van der Waals surface area contributed by atoms with E-state index in [9.17, 15) is 0 Å². The zero-order chi connectivity index (χ0) is 13.0. The van der Waals surface area contributed by atoms with Gasteiger partial charge in [-0.15, -0.1) is 0 Å². The summed E-state index contributed by atoms with van der Waals surface area (Å²) in [5, 5.41) is 9.12. The lowest BCUT2D eigenvalue weighted by atomic mass is 10.2. The monoisotopic (exact) mass is 306 g/mol. The number of nitrogens with zero attached hydrogens (tertiary/aromatic N) is 2. The first-order valence-electron chi connectivity index (χ1n) is 5.71. The van der Waals surface area contributed by atoms with Gasteiger partial charge >= 0.3 is 0 Å². The molecule has 0 saturated carbocycles. The summed E-state index contributed by atoms with van der Waals surface area (Å²) in [6.45, 7) is 0.807. The highest BCUT2D eigenvalue weighted by molar-refractivity contribution is 9.10. The van der Waals surface area contributed by atoms with Crippen molar-refractivity contribution < 1.29 is 5.11 Å². The quantitative estimate of drug-likeness (QED) is 0.943. The van der Waals surface area contributed by atoms with Crippen LogP contribution in [0.1, 0.15) is 11.1 Å². The van der Waals surface area contributed by atoms with Gasteiger partial charge in [0.2, 0.25) is 0 Å². The molecule has 0 spiro atoms. The highest BCUT2D eigenvalue weighted by Crippen LogP contribution is 2.20. The molecular formula is C14H15BrN2O. The van der Waals surface area contributed by atoms with Gasteiger partial charge in [-0.05, 0) is 29.3 Å². The molecule has 2 aromatic rings. The van der Waals surface area contributed by atoms with Crippen LogP contribution in [0.4, 0.5) is 5.82 Å². The molecule has 3 nitrogen and oxygen atoms in total. The summed E-state index contributed by atoms with van der Waals surface area (Å²) >= 11 is 3.54. The molecule has 0 fully saturated rings. The third-order valence-electron chi connectivity index (χ3n) is 2.75. The van der Waals surface area contributed by atoms with E-state index in [2.05, 4.69) is 31.9 Å². The minimum Gasteiger partial charge on any atom is -0.392 e. The van der Waals surface area contributed by atoms with E-state index in [1.54, 1.807) is 6.20 Å². The molecule has 1 aromatic heterocycles. The summed E-state index contributed by atoms with van der Waals surface area (Å²) in [7, 11) is 1.99. The summed E-state index contributed by atoms with van der Waals surface area (Å²) in [6.07, 6.45) is 1.72. The minimum absolute atomic E-state index is 0.0401. The van der Waals surface area contributed by atoms with Crippen molar-refractivity contribution in [2.45, 2.75) is 13.2 Å². The van der Waals surface area contributed by atoms with Crippen molar-refractivity contribution in [3.63, 3.8) is 0 Å². The molecule has 1 heterocycles. The van der Waals surface area contributed by atoms with Gasteiger partial charge in [0, 0.05) is 24.3 Å². The topological polar surface area (TPSA) is 36.4 Å². The molecule has 1 N–H and O–H groups in total. The van der Waals surface area contributed by atoms with Crippen molar-refractivity contribution in [1.82, 2.24) is 4.98 Å². The molecule has 4 heteroatoms. The molecule has 0 aliphatic heterocycles. The van der Waals surface area contributed by atoms with Crippen molar-refractivity contribution in [1.29, 1.82) is 0 Å². The van der Waals surface area contributed by atoms with E-state index in [0.29, 0.717) is 0 Å². The standard InChI is InChI=1S/C14H15BrN2O/c1-17(9-12-4-2-3-5-13(12)15)14-8-11(10-18)6-7-16-14/h2-8,18H,9-10H2,1H3. The van der Waals surface area contributed by atoms with Gasteiger partial charge < -0.3 is 10.0 Å². The maximum absolute atomic E-state index is 9.12. The van der Waals surface area contributed by atoms with Gasteiger partial charge in [0.25, 0.3) is 0 Å². The van der Waals surface area contributed by atoms with Gasteiger partial charge in [-0.3, -0.25) is 0 Å². The Morgan fingerprint density at radius 1 is 1.28 bits per heavy atom. The van der Waals surface area contributed by atoms with Crippen LogP contribution in [0, 0.1) is 0 Å². The average molecular weight is 307 g/mol. The fourth-order valence-corrected chi connectivity index (χ4v) is 2.14. The van der Waals surface area contributed by atoms with E-state index in [4.69, 9.17) is 5.11 Å². The Morgan fingerprint density at radius 3 is 2.78 bits per heavy atom. The Balaban J connectivity index is 2.16. The van der Waals surface area contributed by atoms with Gasteiger partial charge in [-0.25, -0.2) is 4.98 Å². The normalized spacial score (nSPS) is 10.4. The van der Waals surface area contributed by atoms with Crippen LogP contribution in [-0.2, 0) is 13.2 Å². The second-order valence-electron chi connectivity index (χ2n) is 4.13. The van der Waals surface area contributed by atoms with Gasteiger partial charge in [0.1, 0.15) is 5.82 Å². The lowest BCUT2D eigenvalue weighted by Gasteiger charge is -2.19. The van der Waals surface area contributed by atoms with Crippen LogP contribution in [0.5, 0.6) is 0 Å². The number of hydrogen-bond acceptors (Lipinski definition) is 3. The summed E-state index contributed by atoms with van der Waals surface area (Å²) in [5.41, 5.74) is 2.08. The second-order valence-corrected chi connectivity index (χ2v) is 4.98. The summed E-state index contributed by atoms with van der Waals surface area (Å²) in [6, 6.07) is 11.8. The van der Waals surface area contributed by atoms with E-state index in [1.807, 2.05) is 37.4 Å². The second kappa shape index (κ2) is 5.98. The lowest BCUT2D eigenvalue weighted by Crippen LogP contribution is -2.18. The first-order chi connectivity index (χ1) is 8.70. The predicted octanol–water partition coefficient (Wildman–Crippen LogP) is 2.97. The number of aliphatic hydroxyl groups excluding tert-OH is 1. The van der Waals surface area contributed by atoms with Crippen molar-refractivity contribution in [2.24, 2.45) is 0 Å². The summed E-state index contributed by atoms with van der Waals surface area (Å²) in [4.78, 5) is 6.37. The number of hydrogen-bond donors (Lipinski definition) is 1. The number of aromatic nitrogens is 1. The Hall–Kier alpha value is -1.39. The largest absolute Gasteiger partial charge is 0.392 e. The first kappa shape index (κ1) is 13.1. The van der Waals surface area contributed by atoms with Crippen molar-refractivity contribution >= 4 is 21.7 Å². The fourth-order valence-electron chi connectivity index (χ4n) is 1.73. The SMILES string of the molecule is CN(Cc1ccccc1Br)c1cc(CO)ccn1. The molecule has 0 saturated heterocycles. The van der Waals surface area contributed by atoms with Gasteiger partial charge in [0.15, 0.2) is 0 Å². The summed E-state index contributed by atoms with van der Waals surface area (Å²) < 4.78 is 1.09. The molecular weight excluding hydrogens is 292 g/mol. The molecule has 0 radical (unpaired) electrons. The smallest absolute Gasteiger partial charge is 0.128 e. The molecule has 94 valence electrons. The Morgan fingerprint density at radius 2 is 2.06 bits per heavy atom.